The van der Waals surface area contributed by atoms with Crippen molar-refractivity contribution in [3.8, 4) is 0 Å². The quantitative estimate of drug-likeness (QED) is 0.563. The summed E-state index contributed by atoms with van der Waals surface area (Å²) >= 11 is 0. The number of pyridine rings is 1. The van der Waals surface area contributed by atoms with E-state index < -0.39 is 5.82 Å². The van der Waals surface area contributed by atoms with Gasteiger partial charge in [0.25, 0.3) is 0 Å². The predicted molar refractivity (Wildman–Crippen MR) is 74.0 cm³/mol. The Kier molecular flexibility index (Phi) is 2.90. The first-order valence-electron chi connectivity index (χ1n) is 6.05. The van der Waals surface area contributed by atoms with Crippen molar-refractivity contribution in [2.45, 2.75) is 6.54 Å². The third kappa shape index (κ3) is 2.01. The van der Waals surface area contributed by atoms with Crippen molar-refractivity contribution in [2.75, 3.05) is 0 Å². The van der Waals surface area contributed by atoms with E-state index in [1.54, 1.807) is 29.2 Å². The highest BCUT2D eigenvalue weighted by molar-refractivity contribution is 6.05. The number of fused-ring (bicyclic) bond motifs is 1. The van der Waals surface area contributed by atoms with Crippen molar-refractivity contribution in [2.24, 2.45) is 5.73 Å². The van der Waals surface area contributed by atoms with Crippen molar-refractivity contribution in [1.82, 2.24) is 14.8 Å². The Labute approximate surface area is 114 Å². The van der Waals surface area contributed by atoms with Crippen LogP contribution in [0, 0.1) is 11.2 Å². The number of aromatic nitrogens is 3. The minimum atomic E-state index is -0.426. The SMILES string of the molecule is N=C(N)c1nn(Cc2cccnc2)c2cccc(F)c12. The number of hydrogen-bond donors (Lipinski definition) is 2. The van der Waals surface area contributed by atoms with E-state index in [-0.39, 0.29) is 16.9 Å². The van der Waals surface area contributed by atoms with Crippen molar-refractivity contribution in [3.63, 3.8) is 0 Å². The van der Waals surface area contributed by atoms with E-state index in [2.05, 4.69) is 10.1 Å². The first-order chi connectivity index (χ1) is 9.66. The number of nitrogen functional groups attached to an aromatic ring is 1. The monoisotopic (exact) mass is 269 g/mol. The van der Waals surface area contributed by atoms with Gasteiger partial charge in [-0.15, -0.1) is 0 Å². The summed E-state index contributed by atoms with van der Waals surface area (Å²) in [6, 6.07) is 8.45. The molecule has 0 aliphatic carbocycles. The molecule has 0 saturated heterocycles. The fraction of sp³-hybridized carbons (Fsp3) is 0.0714. The van der Waals surface area contributed by atoms with E-state index in [0.717, 1.165) is 5.56 Å². The van der Waals surface area contributed by atoms with Crippen molar-refractivity contribution < 1.29 is 4.39 Å². The van der Waals surface area contributed by atoms with Gasteiger partial charge >= 0.3 is 0 Å². The maximum absolute atomic E-state index is 13.9. The smallest absolute Gasteiger partial charge is 0.144 e. The molecule has 3 rings (SSSR count). The standard InChI is InChI=1S/C14H12FN5/c15-10-4-1-5-11-12(10)13(14(16)17)19-20(11)8-9-3-2-6-18-7-9/h1-7H,8H2,(H3,16,17). The summed E-state index contributed by atoms with van der Waals surface area (Å²) in [5, 5.41) is 12.1. The van der Waals surface area contributed by atoms with Gasteiger partial charge in [0, 0.05) is 12.4 Å². The summed E-state index contributed by atoms with van der Waals surface area (Å²) in [5.41, 5.74) is 7.20. The molecule has 0 bridgehead atoms. The average molecular weight is 269 g/mol. The number of nitrogens with two attached hydrogens (primary N) is 1. The largest absolute Gasteiger partial charge is 0.382 e. The number of rotatable bonds is 3. The molecule has 2 heterocycles. The number of benzene rings is 1. The van der Waals surface area contributed by atoms with Crippen LogP contribution < -0.4 is 5.73 Å². The molecule has 3 aromatic rings. The van der Waals surface area contributed by atoms with Crippen molar-refractivity contribution in [3.05, 3.63) is 59.8 Å². The lowest BCUT2D eigenvalue weighted by Gasteiger charge is -2.03. The maximum Gasteiger partial charge on any atom is 0.144 e. The molecule has 100 valence electrons. The Bertz CT molecular complexity index is 779. The highest BCUT2D eigenvalue weighted by Crippen LogP contribution is 2.22. The molecule has 3 N–H and O–H groups in total. The zero-order chi connectivity index (χ0) is 14.1. The Morgan fingerprint density at radius 2 is 2.15 bits per heavy atom. The van der Waals surface area contributed by atoms with Crippen LogP contribution >= 0.6 is 0 Å². The first kappa shape index (κ1) is 12.3. The predicted octanol–water partition coefficient (Wildman–Crippen LogP) is 1.90. The normalized spacial score (nSPS) is 10.8. The van der Waals surface area contributed by atoms with Gasteiger partial charge < -0.3 is 5.73 Å². The number of hydrogen-bond acceptors (Lipinski definition) is 3. The number of amidine groups is 1. The summed E-state index contributed by atoms with van der Waals surface area (Å²) in [6.45, 7) is 0.446. The highest BCUT2D eigenvalue weighted by Gasteiger charge is 2.16. The third-order valence-electron chi connectivity index (χ3n) is 3.04. The molecule has 0 atom stereocenters. The Hall–Kier alpha value is -2.76. The van der Waals surface area contributed by atoms with Crippen LogP contribution in [0.5, 0.6) is 0 Å². The molecule has 20 heavy (non-hydrogen) atoms. The van der Waals surface area contributed by atoms with Gasteiger partial charge in [-0.2, -0.15) is 5.10 Å². The number of nitrogens with zero attached hydrogens (tertiary/aromatic N) is 3. The van der Waals surface area contributed by atoms with Gasteiger partial charge in [-0.1, -0.05) is 12.1 Å². The molecule has 1 aromatic carbocycles. The van der Waals surface area contributed by atoms with Crippen molar-refractivity contribution >= 4 is 16.7 Å². The summed E-state index contributed by atoms with van der Waals surface area (Å²) in [7, 11) is 0. The molecule has 0 aliphatic heterocycles. The molecule has 0 unspecified atom stereocenters. The Morgan fingerprint density at radius 3 is 2.85 bits per heavy atom. The van der Waals surface area contributed by atoms with Crippen LogP contribution in [0.3, 0.4) is 0 Å². The third-order valence-corrected chi connectivity index (χ3v) is 3.04. The fourth-order valence-electron chi connectivity index (χ4n) is 2.16. The molecule has 0 fully saturated rings. The van der Waals surface area contributed by atoms with Gasteiger partial charge in [0.1, 0.15) is 17.3 Å². The maximum atomic E-state index is 13.9. The van der Waals surface area contributed by atoms with Crippen LogP contribution in [-0.2, 0) is 6.54 Å². The molecule has 0 saturated carbocycles. The van der Waals surface area contributed by atoms with E-state index >= 15 is 0 Å². The van der Waals surface area contributed by atoms with Crippen LogP contribution in [0.4, 0.5) is 4.39 Å². The first-order valence-corrected chi connectivity index (χ1v) is 6.05. The zero-order valence-corrected chi connectivity index (χ0v) is 10.5. The zero-order valence-electron chi connectivity index (χ0n) is 10.5. The number of nitrogens with one attached hydrogen (secondary N) is 1. The van der Waals surface area contributed by atoms with Crippen molar-refractivity contribution in [1.29, 1.82) is 5.41 Å². The van der Waals surface area contributed by atoms with Crippen LogP contribution in [-0.4, -0.2) is 20.6 Å². The van der Waals surface area contributed by atoms with Crippen LogP contribution in [0.15, 0.2) is 42.7 Å². The second kappa shape index (κ2) is 4.73. The molecule has 2 aromatic heterocycles. The van der Waals surface area contributed by atoms with Crippen LogP contribution in [0.1, 0.15) is 11.3 Å². The van der Waals surface area contributed by atoms with E-state index in [4.69, 9.17) is 11.1 Å². The second-order valence-corrected chi connectivity index (χ2v) is 4.42. The van der Waals surface area contributed by atoms with Crippen LogP contribution in [0.2, 0.25) is 0 Å². The average Bonchev–Trinajstić information content (AvgIpc) is 2.81. The minimum absolute atomic E-state index is 0.169. The number of halogens is 1. The molecular formula is C14H12FN5. The van der Waals surface area contributed by atoms with E-state index in [0.29, 0.717) is 12.1 Å². The summed E-state index contributed by atoms with van der Waals surface area (Å²) in [6.07, 6.45) is 3.41. The highest BCUT2D eigenvalue weighted by atomic mass is 19.1. The lowest BCUT2D eigenvalue weighted by atomic mass is 10.2. The minimum Gasteiger partial charge on any atom is -0.382 e. The fourth-order valence-corrected chi connectivity index (χ4v) is 2.16. The topological polar surface area (TPSA) is 80.6 Å². The van der Waals surface area contributed by atoms with E-state index in [1.165, 1.54) is 6.07 Å². The summed E-state index contributed by atoms with van der Waals surface area (Å²) in [4.78, 5) is 4.04. The van der Waals surface area contributed by atoms with E-state index in [1.807, 2.05) is 12.1 Å². The molecule has 0 amide bonds. The van der Waals surface area contributed by atoms with Crippen LogP contribution in [0.25, 0.3) is 10.9 Å². The molecule has 5 nitrogen and oxygen atoms in total. The Morgan fingerprint density at radius 1 is 1.30 bits per heavy atom. The van der Waals surface area contributed by atoms with Gasteiger partial charge in [0.15, 0.2) is 0 Å². The summed E-state index contributed by atoms with van der Waals surface area (Å²) in [5.74, 6) is -0.671. The molecular weight excluding hydrogens is 257 g/mol. The van der Waals surface area contributed by atoms with Gasteiger partial charge in [-0.25, -0.2) is 4.39 Å². The summed E-state index contributed by atoms with van der Waals surface area (Å²) < 4.78 is 15.6. The van der Waals surface area contributed by atoms with Gasteiger partial charge in [-0.3, -0.25) is 15.1 Å². The Balaban J connectivity index is 2.17. The lowest BCUT2D eigenvalue weighted by molar-refractivity contribution is 0.639. The molecule has 6 heteroatoms. The van der Waals surface area contributed by atoms with Gasteiger partial charge in [-0.05, 0) is 23.8 Å². The lowest BCUT2D eigenvalue weighted by Crippen LogP contribution is -2.13. The molecule has 0 radical (unpaired) electrons. The van der Waals surface area contributed by atoms with E-state index in [9.17, 15) is 4.39 Å². The van der Waals surface area contributed by atoms with Gasteiger partial charge in [0.2, 0.25) is 0 Å². The second-order valence-electron chi connectivity index (χ2n) is 4.42. The molecule has 0 aliphatic rings. The molecule has 0 spiro atoms. The van der Waals surface area contributed by atoms with Gasteiger partial charge in [0.05, 0.1) is 17.4 Å².